The standard InChI is InChI=1S/C17H19FN6O3S/c1-7-6-27-15-12-8(14(25)9-16(26)22-28-17(9)24(7)12)11(21-19)10(18)13(15)23-4-2-20-3-5-23/h7,20-21H,2-6,19H2,1H3,(H,22,26). The van der Waals surface area contributed by atoms with Gasteiger partial charge in [-0.2, -0.15) is 0 Å². The number of rotatable bonds is 2. The lowest BCUT2D eigenvalue weighted by molar-refractivity contribution is 0.250. The molecule has 0 spiro atoms. The number of aromatic amines is 1. The fourth-order valence-corrected chi connectivity index (χ4v) is 5.10. The molecule has 0 bridgehead atoms. The third kappa shape index (κ3) is 2.17. The maximum absolute atomic E-state index is 15.6. The number of nitrogens with one attached hydrogen (secondary N) is 3. The van der Waals surface area contributed by atoms with Gasteiger partial charge in [-0.05, 0) is 18.5 Å². The Bertz CT molecular complexity index is 1230. The zero-order valence-electron chi connectivity index (χ0n) is 15.1. The molecule has 2 aliphatic heterocycles. The van der Waals surface area contributed by atoms with Gasteiger partial charge in [0.25, 0.3) is 5.56 Å². The highest BCUT2D eigenvalue weighted by Gasteiger charge is 2.34. The van der Waals surface area contributed by atoms with E-state index in [9.17, 15) is 9.59 Å². The van der Waals surface area contributed by atoms with E-state index in [4.69, 9.17) is 10.6 Å². The van der Waals surface area contributed by atoms with Gasteiger partial charge in [0.1, 0.15) is 33.7 Å². The number of H-pyrrole nitrogens is 1. The van der Waals surface area contributed by atoms with Crippen LogP contribution in [0.15, 0.2) is 9.59 Å². The molecule has 2 aromatic heterocycles. The fraction of sp³-hybridized carbons (Fsp3) is 0.412. The van der Waals surface area contributed by atoms with Gasteiger partial charge in [-0.1, -0.05) is 0 Å². The Morgan fingerprint density at radius 2 is 2.04 bits per heavy atom. The molecule has 28 heavy (non-hydrogen) atoms. The van der Waals surface area contributed by atoms with Gasteiger partial charge in [-0.3, -0.25) is 19.8 Å². The molecule has 1 unspecified atom stereocenters. The second-order valence-electron chi connectivity index (χ2n) is 7.04. The molecule has 11 heteroatoms. The highest BCUT2D eigenvalue weighted by molar-refractivity contribution is 7.12. The summed E-state index contributed by atoms with van der Waals surface area (Å²) in [7, 11) is 0. The van der Waals surface area contributed by atoms with Crippen LogP contribution in [0.3, 0.4) is 0 Å². The Kier molecular flexibility index (Phi) is 3.86. The monoisotopic (exact) mass is 406 g/mol. The van der Waals surface area contributed by atoms with Gasteiger partial charge < -0.3 is 24.9 Å². The molecule has 1 aromatic carbocycles. The average Bonchev–Trinajstić information content (AvgIpc) is 3.09. The van der Waals surface area contributed by atoms with Crippen molar-refractivity contribution < 1.29 is 9.13 Å². The second-order valence-corrected chi connectivity index (χ2v) is 7.84. The van der Waals surface area contributed by atoms with Crippen molar-refractivity contribution >= 4 is 44.0 Å². The van der Waals surface area contributed by atoms with Crippen molar-refractivity contribution in [1.29, 1.82) is 0 Å². The minimum atomic E-state index is -0.642. The first kappa shape index (κ1) is 17.5. The van der Waals surface area contributed by atoms with Crippen LogP contribution in [0.25, 0.3) is 21.1 Å². The van der Waals surface area contributed by atoms with E-state index < -0.39 is 16.8 Å². The van der Waals surface area contributed by atoms with Crippen molar-refractivity contribution in [2.75, 3.05) is 43.1 Å². The zero-order valence-corrected chi connectivity index (χ0v) is 15.9. The van der Waals surface area contributed by atoms with Gasteiger partial charge in [-0.15, -0.1) is 0 Å². The number of anilines is 2. The van der Waals surface area contributed by atoms with Crippen molar-refractivity contribution in [2.24, 2.45) is 5.84 Å². The van der Waals surface area contributed by atoms with Gasteiger partial charge in [0.2, 0.25) is 5.43 Å². The van der Waals surface area contributed by atoms with E-state index in [2.05, 4.69) is 15.1 Å². The number of pyridine rings is 1. The van der Waals surface area contributed by atoms with Crippen molar-refractivity contribution in [3.8, 4) is 5.75 Å². The number of nitrogen functional groups attached to an aromatic ring is 1. The highest BCUT2D eigenvalue weighted by atomic mass is 32.1. The summed E-state index contributed by atoms with van der Waals surface area (Å²) < 4.78 is 26.1. The molecule has 5 N–H and O–H groups in total. The van der Waals surface area contributed by atoms with E-state index in [1.165, 1.54) is 0 Å². The van der Waals surface area contributed by atoms with E-state index in [-0.39, 0.29) is 22.5 Å². The predicted molar refractivity (Wildman–Crippen MR) is 107 cm³/mol. The molecular formula is C17H19FN6O3S. The van der Waals surface area contributed by atoms with Crippen LogP contribution in [-0.4, -0.2) is 41.7 Å². The molecule has 0 amide bonds. The summed E-state index contributed by atoms with van der Waals surface area (Å²) in [5.41, 5.74) is 1.97. The van der Waals surface area contributed by atoms with Gasteiger partial charge in [0, 0.05) is 26.2 Å². The van der Waals surface area contributed by atoms with Crippen molar-refractivity contribution in [2.45, 2.75) is 13.0 Å². The van der Waals surface area contributed by atoms with Gasteiger partial charge in [0.15, 0.2) is 11.6 Å². The lowest BCUT2D eigenvalue weighted by Crippen LogP contribution is -2.44. The Hall–Kier alpha value is -2.63. The number of benzene rings is 1. The number of aromatic nitrogens is 2. The third-order valence-electron chi connectivity index (χ3n) is 5.43. The van der Waals surface area contributed by atoms with E-state index in [0.29, 0.717) is 54.6 Å². The average molecular weight is 406 g/mol. The molecule has 9 nitrogen and oxygen atoms in total. The minimum absolute atomic E-state index is 0.0167. The molecule has 1 atom stereocenters. The molecule has 3 aromatic rings. The Balaban J connectivity index is 2.01. The number of nitrogens with zero attached hydrogens (tertiary/aromatic N) is 2. The van der Waals surface area contributed by atoms with Gasteiger partial charge in [-0.25, -0.2) is 4.39 Å². The molecule has 148 valence electrons. The highest BCUT2D eigenvalue weighted by Crippen LogP contribution is 2.46. The number of ether oxygens (including phenoxy) is 1. The van der Waals surface area contributed by atoms with E-state index in [1.807, 2.05) is 16.4 Å². The fourth-order valence-electron chi connectivity index (χ4n) is 4.16. The van der Waals surface area contributed by atoms with E-state index >= 15 is 4.39 Å². The molecule has 0 radical (unpaired) electrons. The van der Waals surface area contributed by atoms with E-state index in [1.54, 1.807) is 0 Å². The van der Waals surface area contributed by atoms with Crippen LogP contribution in [0.1, 0.15) is 13.0 Å². The maximum atomic E-state index is 15.6. The van der Waals surface area contributed by atoms with Crippen LogP contribution in [0.4, 0.5) is 15.8 Å². The Morgan fingerprint density at radius 3 is 2.75 bits per heavy atom. The Labute approximate surface area is 162 Å². The summed E-state index contributed by atoms with van der Waals surface area (Å²) in [5.74, 6) is 5.33. The molecule has 1 saturated heterocycles. The molecule has 5 rings (SSSR count). The van der Waals surface area contributed by atoms with Crippen molar-refractivity contribution in [3.05, 3.63) is 26.4 Å². The molecule has 0 saturated carbocycles. The summed E-state index contributed by atoms with van der Waals surface area (Å²) in [6, 6.07) is -0.142. The van der Waals surface area contributed by atoms with Gasteiger partial charge in [0.05, 0.1) is 11.4 Å². The smallest absolute Gasteiger partial charge is 0.271 e. The van der Waals surface area contributed by atoms with Crippen LogP contribution >= 0.6 is 11.5 Å². The number of hydrazine groups is 1. The maximum Gasteiger partial charge on any atom is 0.271 e. The van der Waals surface area contributed by atoms with Crippen molar-refractivity contribution in [3.63, 3.8) is 0 Å². The Morgan fingerprint density at radius 1 is 1.29 bits per heavy atom. The summed E-state index contributed by atoms with van der Waals surface area (Å²) in [6.07, 6.45) is 0. The summed E-state index contributed by atoms with van der Waals surface area (Å²) in [6.45, 7) is 4.86. The van der Waals surface area contributed by atoms with Crippen LogP contribution in [0.2, 0.25) is 0 Å². The number of hydrogen-bond acceptors (Lipinski definition) is 8. The summed E-state index contributed by atoms with van der Waals surface area (Å²) in [5, 5.41) is 3.29. The van der Waals surface area contributed by atoms with E-state index in [0.717, 1.165) is 11.5 Å². The zero-order chi connectivity index (χ0) is 19.6. The first-order valence-corrected chi connectivity index (χ1v) is 9.86. The molecular weight excluding hydrogens is 387 g/mol. The molecule has 2 aliphatic rings. The summed E-state index contributed by atoms with van der Waals surface area (Å²) in [4.78, 5) is 27.9. The van der Waals surface area contributed by atoms with Gasteiger partial charge >= 0.3 is 0 Å². The SMILES string of the molecule is CC1COc2c(N3CCNCC3)c(F)c(NN)c3c(=O)c4c(=O)[nH]sc4n1c23. The van der Waals surface area contributed by atoms with Crippen LogP contribution in [0.5, 0.6) is 5.75 Å². The molecule has 1 fully saturated rings. The molecule has 4 heterocycles. The normalized spacial score (nSPS) is 19.2. The lowest BCUT2D eigenvalue weighted by atomic mass is 10.0. The number of fused-ring (bicyclic) bond motifs is 2. The topological polar surface area (TPSA) is 117 Å². The van der Waals surface area contributed by atoms with Crippen LogP contribution in [-0.2, 0) is 0 Å². The number of nitrogens with two attached hydrogens (primary N) is 1. The molecule has 0 aliphatic carbocycles. The lowest BCUT2D eigenvalue weighted by Gasteiger charge is -2.35. The second kappa shape index (κ2) is 6.19. The van der Waals surface area contributed by atoms with Crippen LogP contribution < -0.4 is 37.2 Å². The number of hydrogen-bond donors (Lipinski definition) is 4. The first-order valence-electron chi connectivity index (χ1n) is 9.04. The largest absolute Gasteiger partial charge is 0.487 e. The first-order chi connectivity index (χ1) is 13.5. The van der Waals surface area contributed by atoms with Crippen LogP contribution in [0, 0.1) is 5.82 Å². The number of halogens is 1. The number of piperazine rings is 1. The predicted octanol–water partition coefficient (Wildman–Crippen LogP) is 0.692. The quantitative estimate of drug-likeness (QED) is 0.365. The van der Waals surface area contributed by atoms with Crippen molar-refractivity contribution in [1.82, 2.24) is 14.3 Å². The minimum Gasteiger partial charge on any atom is -0.487 e. The third-order valence-corrected chi connectivity index (χ3v) is 6.31. The summed E-state index contributed by atoms with van der Waals surface area (Å²) >= 11 is 1.10.